The van der Waals surface area contributed by atoms with E-state index in [9.17, 15) is 18.4 Å². The summed E-state index contributed by atoms with van der Waals surface area (Å²) < 4.78 is 29.8. The Hall–Kier alpha value is -1.78. The average Bonchev–Trinajstić information content (AvgIpc) is 2.31. The number of hydrogen-bond donors (Lipinski definition) is 0. The number of rotatable bonds is 5. The summed E-state index contributed by atoms with van der Waals surface area (Å²) in [7, 11) is 1.24. The Morgan fingerprint density at radius 1 is 1.18 bits per heavy atom. The number of Topliss-reactive ketones (excluding diaryl/α,β-unsaturated/α-hetero) is 1. The van der Waals surface area contributed by atoms with Gasteiger partial charge in [-0.25, -0.2) is 8.78 Å². The maximum absolute atomic E-state index is 12.8. The molecule has 0 amide bonds. The maximum Gasteiger partial charge on any atom is 0.305 e. The second-order valence-corrected chi connectivity index (χ2v) is 3.54. The molecule has 3 nitrogen and oxygen atoms in total. The van der Waals surface area contributed by atoms with Crippen molar-refractivity contribution < 1.29 is 23.1 Å². The van der Waals surface area contributed by atoms with Crippen molar-refractivity contribution in [3.05, 3.63) is 35.4 Å². The molecule has 0 spiro atoms. The summed E-state index contributed by atoms with van der Waals surface area (Å²) in [6.07, 6.45) is 0.0128. The van der Waals surface area contributed by atoms with Crippen LogP contribution in [0.2, 0.25) is 0 Å². The van der Waals surface area contributed by atoms with Crippen molar-refractivity contribution in [2.45, 2.75) is 19.3 Å². The highest BCUT2D eigenvalue weighted by Crippen LogP contribution is 2.10. The normalized spacial score (nSPS) is 10.1. The van der Waals surface area contributed by atoms with Crippen molar-refractivity contribution in [1.29, 1.82) is 0 Å². The molecule has 0 bridgehead atoms. The highest BCUT2D eigenvalue weighted by molar-refractivity contribution is 5.84. The van der Waals surface area contributed by atoms with Crippen LogP contribution in [0.3, 0.4) is 0 Å². The molecule has 0 saturated carbocycles. The number of ether oxygens (including phenoxy) is 1. The van der Waals surface area contributed by atoms with Crippen molar-refractivity contribution in [2.75, 3.05) is 7.11 Å². The van der Waals surface area contributed by atoms with Crippen molar-refractivity contribution >= 4 is 11.8 Å². The van der Waals surface area contributed by atoms with E-state index in [-0.39, 0.29) is 25.0 Å². The third kappa shape index (κ3) is 4.30. The minimum Gasteiger partial charge on any atom is -0.469 e. The van der Waals surface area contributed by atoms with E-state index < -0.39 is 17.6 Å². The lowest BCUT2D eigenvalue weighted by Crippen LogP contribution is -2.08. The molecule has 17 heavy (non-hydrogen) atoms. The van der Waals surface area contributed by atoms with Crippen LogP contribution in [-0.4, -0.2) is 18.9 Å². The Balaban J connectivity index is 2.50. The van der Waals surface area contributed by atoms with Gasteiger partial charge in [0, 0.05) is 12.8 Å². The molecule has 0 saturated heterocycles. The molecule has 0 fully saturated rings. The molecule has 0 aliphatic carbocycles. The molecule has 0 heterocycles. The number of carbonyl (C=O) groups is 2. The number of ketones is 1. The summed E-state index contributed by atoms with van der Waals surface area (Å²) in [5.74, 6) is -2.62. The van der Waals surface area contributed by atoms with Gasteiger partial charge < -0.3 is 4.74 Å². The van der Waals surface area contributed by atoms with Crippen LogP contribution in [0.15, 0.2) is 18.2 Å². The summed E-state index contributed by atoms with van der Waals surface area (Å²) in [4.78, 5) is 22.2. The van der Waals surface area contributed by atoms with Gasteiger partial charge in [0.2, 0.25) is 0 Å². The Kier molecular flexibility index (Phi) is 4.75. The number of halogens is 2. The summed E-state index contributed by atoms with van der Waals surface area (Å²) in [5.41, 5.74) is 0.388. The first kappa shape index (κ1) is 13.3. The molecule has 0 N–H and O–H groups in total. The summed E-state index contributed by atoms with van der Waals surface area (Å²) in [6, 6.07) is 3.29. The number of methoxy groups -OCH3 is 1. The lowest BCUT2D eigenvalue weighted by atomic mass is 10.1. The van der Waals surface area contributed by atoms with Crippen LogP contribution in [0.25, 0.3) is 0 Å². The van der Waals surface area contributed by atoms with Crippen LogP contribution in [0, 0.1) is 11.6 Å². The van der Waals surface area contributed by atoms with E-state index in [1.54, 1.807) is 0 Å². The topological polar surface area (TPSA) is 43.4 Å². The lowest BCUT2D eigenvalue weighted by Gasteiger charge is -2.02. The van der Waals surface area contributed by atoms with Crippen LogP contribution in [-0.2, 0) is 20.7 Å². The Bertz CT molecular complexity index is 430. The molecular formula is C12H12F2O3. The van der Waals surface area contributed by atoms with Crippen molar-refractivity contribution in [2.24, 2.45) is 0 Å². The number of hydrogen-bond acceptors (Lipinski definition) is 3. The van der Waals surface area contributed by atoms with Gasteiger partial charge in [-0.1, -0.05) is 6.07 Å². The summed E-state index contributed by atoms with van der Waals surface area (Å²) in [5, 5.41) is 0. The SMILES string of the molecule is COC(=O)CCC(=O)Cc1ccc(F)c(F)c1. The fourth-order valence-corrected chi connectivity index (χ4v) is 1.31. The number of benzene rings is 1. The zero-order valence-electron chi connectivity index (χ0n) is 9.33. The molecule has 1 aromatic rings. The van der Waals surface area contributed by atoms with E-state index in [0.29, 0.717) is 5.56 Å². The zero-order chi connectivity index (χ0) is 12.8. The van der Waals surface area contributed by atoms with E-state index >= 15 is 0 Å². The van der Waals surface area contributed by atoms with Crippen LogP contribution < -0.4 is 0 Å². The second kappa shape index (κ2) is 6.08. The molecule has 1 rings (SSSR count). The molecule has 0 aliphatic rings. The van der Waals surface area contributed by atoms with Gasteiger partial charge in [0.15, 0.2) is 11.6 Å². The van der Waals surface area contributed by atoms with Gasteiger partial charge in [-0.15, -0.1) is 0 Å². The molecule has 0 aromatic heterocycles. The van der Waals surface area contributed by atoms with Crippen molar-refractivity contribution in [3.63, 3.8) is 0 Å². The van der Waals surface area contributed by atoms with Gasteiger partial charge in [-0.3, -0.25) is 9.59 Å². The predicted octanol–water partition coefficient (Wildman–Crippen LogP) is 2.03. The first-order valence-corrected chi connectivity index (χ1v) is 5.05. The quantitative estimate of drug-likeness (QED) is 0.742. The lowest BCUT2D eigenvalue weighted by molar-refractivity contribution is -0.141. The monoisotopic (exact) mass is 242 g/mol. The third-order valence-corrected chi connectivity index (χ3v) is 2.22. The minimum absolute atomic E-state index is 0.000982. The molecular weight excluding hydrogens is 230 g/mol. The standard InChI is InChI=1S/C12H12F2O3/c1-17-12(16)5-3-9(15)6-8-2-4-10(13)11(14)7-8/h2,4,7H,3,5-6H2,1H3. The molecule has 1 aromatic carbocycles. The van der Waals surface area contributed by atoms with Gasteiger partial charge in [0.05, 0.1) is 13.5 Å². The molecule has 0 radical (unpaired) electrons. The average molecular weight is 242 g/mol. The van der Waals surface area contributed by atoms with Gasteiger partial charge in [-0.2, -0.15) is 0 Å². The van der Waals surface area contributed by atoms with E-state index in [4.69, 9.17) is 0 Å². The van der Waals surface area contributed by atoms with Gasteiger partial charge in [-0.05, 0) is 17.7 Å². The first-order chi connectivity index (χ1) is 8.02. The predicted molar refractivity (Wildman–Crippen MR) is 56.3 cm³/mol. The molecule has 92 valence electrons. The Morgan fingerprint density at radius 2 is 1.88 bits per heavy atom. The van der Waals surface area contributed by atoms with Crippen LogP contribution in [0.1, 0.15) is 18.4 Å². The van der Waals surface area contributed by atoms with Gasteiger partial charge >= 0.3 is 5.97 Å². The second-order valence-electron chi connectivity index (χ2n) is 3.54. The smallest absolute Gasteiger partial charge is 0.305 e. The van der Waals surface area contributed by atoms with E-state index in [1.807, 2.05) is 0 Å². The third-order valence-electron chi connectivity index (χ3n) is 2.22. The maximum atomic E-state index is 12.8. The van der Waals surface area contributed by atoms with Crippen molar-refractivity contribution in [3.8, 4) is 0 Å². The van der Waals surface area contributed by atoms with Gasteiger partial charge in [0.1, 0.15) is 5.78 Å². The molecule has 0 aliphatic heterocycles. The fourth-order valence-electron chi connectivity index (χ4n) is 1.31. The molecule has 0 atom stereocenters. The first-order valence-electron chi connectivity index (χ1n) is 5.05. The van der Waals surface area contributed by atoms with E-state index in [2.05, 4.69) is 4.74 Å². The molecule has 5 heteroatoms. The number of esters is 1. The molecule has 0 unspecified atom stereocenters. The van der Waals surface area contributed by atoms with Gasteiger partial charge in [0.25, 0.3) is 0 Å². The Morgan fingerprint density at radius 3 is 2.47 bits per heavy atom. The largest absolute Gasteiger partial charge is 0.469 e. The minimum atomic E-state index is -0.983. The summed E-state index contributed by atoms with van der Waals surface area (Å²) >= 11 is 0. The highest BCUT2D eigenvalue weighted by Gasteiger charge is 2.09. The van der Waals surface area contributed by atoms with Crippen LogP contribution >= 0.6 is 0 Å². The fraction of sp³-hybridized carbons (Fsp3) is 0.333. The number of carbonyl (C=O) groups excluding carboxylic acids is 2. The van der Waals surface area contributed by atoms with Crippen molar-refractivity contribution in [1.82, 2.24) is 0 Å². The highest BCUT2D eigenvalue weighted by atomic mass is 19.2. The van der Waals surface area contributed by atoms with Crippen LogP contribution in [0.5, 0.6) is 0 Å². The zero-order valence-corrected chi connectivity index (χ0v) is 9.33. The Labute approximate surface area is 97.4 Å². The van der Waals surface area contributed by atoms with E-state index in [1.165, 1.54) is 13.2 Å². The van der Waals surface area contributed by atoms with Crippen LogP contribution in [0.4, 0.5) is 8.78 Å². The summed E-state index contributed by atoms with van der Waals surface area (Å²) in [6.45, 7) is 0. The van der Waals surface area contributed by atoms with E-state index in [0.717, 1.165) is 12.1 Å².